The van der Waals surface area contributed by atoms with Crippen molar-refractivity contribution in [3.63, 3.8) is 0 Å². The van der Waals surface area contributed by atoms with Gasteiger partial charge in [0.2, 0.25) is 0 Å². The van der Waals surface area contributed by atoms with E-state index in [1.165, 1.54) is 0 Å². The van der Waals surface area contributed by atoms with E-state index in [0.29, 0.717) is 10.7 Å². The summed E-state index contributed by atoms with van der Waals surface area (Å²) in [6, 6.07) is 11.2. The fourth-order valence-corrected chi connectivity index (χ4v) is 1.59. The van der Waals surface area contributed by atoms with Crippen LogP contribution in [0.1, 0.15) is 11.3 Å². The molecule has 0 spiro atoms. The third kappa shape index (κ3) is 2.74. The highest BCUT2D eigenvalue weighted by atomic mass is 35.5. The van der Waals surface area contributed by atoms with Crippen LogP contribution in [0.2, 0.25) is 5.02 Å². The van der Waals surface area contributed by atoms with Gasteiger partial charge < -0.3 is 5.32 Å². The maximum Gasteiger partial charge on any atom is 0.142 e. The van der Waals surface area contributed by atoms with E-state index in [2.05, 4.69) is 10.3 Å². The number of benzene rings is 1. The van der Waals surface area contributed by atoms with E-state index in [4.69, 9.17) is 16.9 Å². The highest BCUT2D eigenvalue weighted by Crippen LogP contribution is 2.23. The zero-order chi connectivity index (χ0) is 12.3. The number of nitrogens with one attached hydrogen (secondary N) is 1. The van der Waals surface area contributed by atoms with Crippen molar-refractivity contribution in [2.45, 2.75) is 6.92 Å². The second kappa shape index (κ2) is 4.86. The molecule has 2 rings (SSSR count). The Morgan fingerprint density at radius 3 is 2.71 bits per heavy atom. The van der Waals surface area contributed by atoms with E-state index < -0.39 is 0 Å². The first-order valence-corrected chi connectivity index (χ1v) is 5.46. The largest absolute Gasteiger partial charge is 0.355 e. The lowest BCUT2D eigenvalue weighted by molar-refractivity contribution is 1.26. The number of nitriles is 1. The van der Waals surface area contributed by atoms with Crippen molar-refractivity contribution < 1.29 is 0 Å². The van der Waals surface area contributed by atoms with E-state index >= 15 is 0 Å². The topological polar surface area (TPSA) is 48.7 Å². The Balaban J connectivity index is 2.25. The van der Waals surface area contributed by atoms with Gasteiger partial charge >= 0.3 is 0 Å². The van der Waals surface area contributed by atoms with E-state index in [1.807, 2.05) is 31.2 Å². The van der Waals surface area contributed by atoms with Crippen LogP contribution in [0.25, 0.3) is 0 Å². The minimum absolute atomic E-state index is 0.383. The van der Waals surface area contributed by atoms with Crippen molar-refractivity contribution in [1.29, 1.82) is 5.26 Å². The number of aromatic nitrogens is 1. The lowest BCUT2D eigenvalue weighted by Gasteiger charge is -2.07. The van der Waals surface area contributed by atoms with Crippen LogP contribution >= 0.6 is 11.6 Å². The summed E-state index contributed by atoms with van der Waals surface area (Å²) in [6.07, 6.45) is 1.59. The van der Waals surface area contributed by atoms with Gasteiger partial charge in [0.1, 0.15) is 11.8 Å². The van der Waals surface area contributed by atoms with Gasteiger partial charge in [0, 0.05) is 22.6 Å². The first kappa shape index (κ1) is 11.4. The Hall–Kier alpha value is -2.05. The predicted molar refractivity (Wildman–Crippen MR) is 68.4 cm³/mol. The molecule has 0 atom stereocenters. The minimum atomic E-state index is 0.383. The maximum atomic E-state index is 8.75. The van der Waals surface area contributed by atoms with Gasteiger partial charge in [-0.25, -0.2) is 4.98 Å². The minimum Gasteiger partial charge on any atom is -0.355 e. The zero-order valence-corrected chi connectivity index (χ0v) is 9.99. The lowest BCUT2D eigenvalue weighted by Crippen LogP contribution is -1.92. The molecule has 4 heteroatoms. The normalized spacial score (nSPS) is 9.71. The second-order valence-electron chi connectivity index (χ2n) is 3.63. The third-order valence-corrected chi connectivity index (χ3v) is 2.74. The smallest absolute Gasteiger partial charge is 0.142 e. The molecule has 0 aliphatic rings. The lowest BCUT2D eigenvalue weighted by atomic mass is 10.2. The molecule has 0 saturated heterocycles. The van der Waals surface area contributed by atoms with Gasteiger partial charge in [-0.2, -0.15) is 5.26 Å². The molecule has 0 radical (unpaired) electrons. The number of hydrogen-bond acceptors (Lipinski definition) is 3. The van der Waals surface area contributed by atoms with Crippen LogP contribution in [-0.2, 0) is 0 Å². The first-order chi connectivity index (χ1) is 8.19. The fraction of sp³-hybridized carbons (Fsp3) is 0.0769. The number of hydrogen-bond donors (Lipinski definition) is 1. The molecule has 0 bridgehead atoms. The molecular weight excluding hydrogens is 234 g/mol. The quantitative estimate of drug-likeness (QED) is 0.876. The summed E-state index contributed by atoms with van der Waals surface area (Å²) in [4.78, 5) is 3.90. The highest BCUT2D eigenvalue weighted by Gasteiger charge is 2.00. The molecule has 1 N–H and O–H groups in total. The molecule has 0 amide bonds. The summed E-state index contributed by atoms with van der Waals surface area (Å²) in [6.45, 7) is 1.95. The van der Waals surface area contributed by atoms with Crippen LogP contribution < -0.4 is 5.32 Å². The summed E-state index contributed by atoms with van der Waals surface area (Å²) >= 11 is 6.03. The summed E-state index contributed by atoms with van der Waals surface area (Å²) in [5.41, 5.74) is 3.12. The zero-order valence-electron chi connectivity index (χ0n) is 9.24. The molecule has 84 valence electrons. The summed E-state index contributed by atoms with van der Waals surface area (Å²) in [5, 5.41) is 12.6. The number of rotatable bonds is 2. The SMILES string of the molecule is Cc1ccc(Nc2ccnc(C#N)c2)cc1Cl. The molecule has 2 aromatic rings. The average Bonchev–Trinajstić information content (AvgIpc) is 2.34. The van der Waals surface area contributed by atoms with Gasteiger partial charge in [-0.15, -0.1) is 0 Å². The first-order valence-electron chi connectivity index (χ1n) is 5.08. The number of pyridine rings is 1. The maximum absolute atomic E-state index is 8.75. The summed E-state index contributed by atoms with van der Waals surface area (Å²) in [7, 11) is 0. The van der Waals surface area contributed by atoms with Crippen molar-refractivity contribution in [1.82, 2.24) is 4.98 Å². The van der Waals surface area contributed by atoms with Crippen molar-refractivity contribution in [2.75, 3.05) is 5.32 Å². The number of aryl methyl sites for hydroxylation is 1. The molecule has 3 nitrogen and oxygen atoms in total. The standard InChI is InChI=1S/C13H10ClN3/c1-9-2-3-10(7-13(9)14)17-11-4-5-16-12(6-11)8-15/h2-7H,1H3,(H,16,17). The molecule has 0 unspecified atom stereocenters. The monoisotopic (exact) mass is 243 g/mol. The van der Waals surface area contributed by atoms with E-state index in [-0.39, 0.29) is 0 Å². The molecule has 17 heavy (non-hydrogen) atoms. The van der Waals surface area contributed by atoms with E-state index in [1.54, 1.807) is 18.3 Å². The fourth-order valence-electron chi connectivity index (χ4n) is 1.41. The average molecular weight is 244 g/mol. The van der Waals surface area contributed by atoms with Crippen LogP contribution in [0.5, 0.6) is 0 Å². The van der Waals surface area contributed by atoms with Crippen molar-refractivity contribution in [2.24, 2.45) is 0 Å². The molecule has 1 aromatic carbocycles. The van der Waals surface area contributed by atoms with Crippen molar-refractivity contribution in [3.8, 4) is 6.07 Å². The second-order valence-corrected chi connectivity index (χ2v) is 4.04. The van der Waals surface area contributed by atoms with Gasteiger partial charge in [-0.3, -0.25) is 0 Å². The van der Waals surface area contributed by atoms with Gasteiger partial charge in [-0.1, -0.05) is 17.7 Å². The summed E-state index contributed by atoms with van der Waals surface area (Å²) < 4.78 is 0. The van der Waals surface area contributed by atoms with Gasteiger partial charge in [0.05, 0.1) is 0 Å². The van der Waals surface area contributed by atoms with Gasteiger partial charge in [-0.05, 0) is 36.8 Å². The van der Waals surface area contributed by atoms with E-state index in [0.717, 1.165) is 16.9 Å². The Bertz CT molecular complexity index is 587. The molecule has 0 saturated carbocycles. The van der Waals surface area contributed by atoms with Crippen molar-refractivity contribution in [3.05, 3.63) is 52.8 Å². The van der Waals surface area contributed by atoms with Crippen LogP contribution in [0, 0.1) is 18.3 Å². The van der Waals surface area contributed by atoms with E-state index in [9.17, 15) is 0 Å². The molecule has 0 fully saturated rings. The third-order valence-electron chi connectivity index (χ3n) is 2.33. The molecule has 0 aliphatic heterocycles. The molecule has 1 heterocycles. The van der Waals surface area contributed by atoms with Crippen LogP contribution in [0.15, 0.2) is 36.5 Å². The Morgan fingerprint density at radius 2 is 2.00 bits per heavy atom. The number of nitrogens with zero attached hydrogens (tertiary/aromatic N) is 2. The Kier molecular flexibility index (Phi) is 3.27. The van der Waals surface area contributed by atoms with Gasteiger partial charge in [0.25, 0.3) is 0 Å². The Labute approximate surface area is 105 Å². The predicted octanol–water partition coefficient (Wildman–Crippen LogP) is 3.66. The highest BCUT2D eigenvalue weighted by molar-refractivity contribution is 6.31. The van der Waals surface area contributed by atoms with Crippen LogP contribution in [0.4, 0.5) is 11.4 Å². The van der Waals surface area contributed by atoms with Gasteiger partial charge in [0.15, 0.2) is 0 Å². The molecular formula is C13H10ClN3. The number of anilines is 2. The van der Waals surface area contributed by atoms with Crippen molar-refractivity contribution >= 4 is 23.0 Å². The van der Waals surface area contributed by atoms with Crippen LogP contribution in [0.3, 0.4) is 0 Å². The number of halogens is 1. The molecule has 1 aromatic heterocycles. The molecule has 0 aliphatic carbocycles. The summed E-state index contributed by atoms with van der Waals surface area (Å²) in [5.74, 6) is 0. The Morgan fingerprint density at radius 1 is 1.24 bits per heavy atom. The van der Waals surface area contributed by atoms with Crippen LogP contribution in [-0.4, -0.2) is 4.98 Å².